The van der Waals surface area contributed by atoms with Crippen LogP contribution in [0.15, 0.2) is 12.1 Å². The molecular formula is C19H27F3O5Si. The van der Waals surface area contributed by atoms with Crippen LogP contribution in [0.25, 0.3) is 0 Å². The molecule has 5 nitrogen and oxygen atoms in total. The second-order valence-electron chi connectivity index (χ2n) is 8.19. The average molecular weight is 421 g/mol. The van der Waals surface area contributed by atoms with Crippen LogP contribution in [0.3, 0.4) is 0 Å². The summed E-state index contributed by atoms with van der Waals surface area (Å²) >= 11 is 0. The molecule has 0 amide bonds. The van der Waals surface area contributed by atoms with Gasteiger partial charge in [0, 0.05) is 6.07 Å². The van der Waals surface area contributed by atoms with Crippen molar-refractivity contribution in [2.75, 3.05) is 7.11 Å². The number of ether oxygens (including phenoxy) is 2. The molecule has 0 bridgehead atoms. The zero-order valence-corrected chi connectivity index (χ0v) is 18.4. The van der Waals surface area contributed by atoms with E-state index >= 15 is 0 Å². The van der Waals surface area contributed by atoms with Gasteiger partial charge in [0.05, 0.1) is 18.8 Å². The lowest BCUT2D eigenvalue weighted by Crippen LogP contribution is -2.42. The van der Waals surface area contributed by atoms with Crippen molar-refractivity contribution in [2.45, 2.75) is 65.0 Å². The van der Waals surface area contributed by atoms with Gasteiger partial charge < -0.3 is 13.9 Å². The minimum atomic E-state index is -5.12. The third kappa shape index (κ3) is 5.49. The van der Waals surface area contributed by atoms with E-state index in [2.05, 4.69) is 0 Å². The molecule has 1 aromatic rings. The molecular weight excluding hydrogens is 393 g/mol. The summed E-state index contributed by atoms with van der Waals surface area (Å²) in [5.41, 5.74) is -1.01. The second kappa shape index (κ2) is 8.14. The van der Waals surface area contributed by atoms with Crippen molar-refractivity contribution >= 4 is 20.1 Å². The summed E-state index contributed by atoms with van der Waals surface area (Å²) in [5.74, 6) is -3.28. The van der Waals surface area contributed by atoms with Crippen LogP contribution >= 0.6 is 0 Å². The lowest BCUT2D eigenvalue weighted by atomic mass is 10.0. The van der Waals surface area contributed by atoms with E-state index in [9.17, 15) is 22.8 Å². The number of hydrogen-bond donors (Lipinski definition) is 0. The summed E-state index contributed by atoms with van der Waals surface area (Å²) < 4.78 is 55.3. The highest BCUT2D eigenvalue weighted by atomic mass is 28.4. The maximum atomic E-state index is 13.0. The number of hydrogen-bond acceptors (Lipinski definition) is 5. The summed E-state index contributed by atoms with van der Waals surface area (Å²) in [6.45, 7) is 12.6. The first-order valence-corrected chi connectivity index (χ1v) is 11.7. The summed E-state index contributed by atoms with van der Waals surface area (Å²) in [6, 6.07) is 1.95. The molecule has 0 fully saturated rings. The van der Waals surface area contributed by atoms with Crippen LogP contribution in [-0.2, 0) is 4.43 Å². The van der Waals surface area contributed by atoms with E-state index in [0.717, 1.165) is 12.1 Å². The number of ketones is 1. The van der Waals surface area contributed by atoms with E-state index in [4.69, 9.17) is 13.9 Å². The first kappa shape index (κ1) is 24.0. The predicted octanol–water partition coefficient (Wildman–Crippen LogP) is 5.39. The highest BCUT2D eigenvalue weighted by Gasteiger charge is 2.43. The molecule has 0 atom stereocenters. The number of rotatable bonds is 6. The minimum absolute atomic E-state index is 0.0296. The van der Waals surface area contributed by atoms with Crippen LogP contribution < -0.4 is 9.47 Å². The standard InChI is InChI=1S/C19H27F3O5Si/c1-11(2)26-15-10-14(25-6)13(9-12(15)16(23)19(20,21)22)17(24)27-28(7,8)18(3,4)5/h9-11H,1-8H3. The van der Waals surface area contributed by atoms with Crippen molar-refractivity contribution in [1.29, 1.82) is 0 Å². The molecule has 0 N–H and O–H groups in total. The Bertz CT molecular complexity index is 749. The second-order valence-corrected chi connectivity index (χ2v) is 12.9. The van der Waals surface area contributed by atoms with Crippen molar-refractivity contribution in [3.8, 4) is 11.5 Å². The molecule has 9 heteroatoms. The van der Waals surface area contributed by atoms with Crippen LogP contribution in [0.5, 0.6) is 11.5 Å². The maximum Gasteiger partial charge on any atom is 0.455 e. The van der Waals surface area contributed by atoms with Gasteiger partial charge in [0.15, 0.2) is 0 Å². The van der Waals surface area contributed by atoms with Crippen LogP contribution in [0.4, 0.5) is 13.2 Å². The van der Waals surface area contributed by atoms with Crippen LogP contribution in [-0.4, -0.2) is 39.5 Å². The molecule has 1 rings (SSSR count). The van der Waals surface area contributed by atoms with Crippen molar-refractivity contribution in [1.82, 2.24) is 0 Å². The third-order valence-corrected chi connectivity index (χ3v) is 8.85. The van der Waals surface area contributed by atoms with Crippen LogP contribution in [0.1, 0.15) is 55.3 Å². The summed E-state index contributed by atoms with van der Waals surface area (Å²) in [7, 11) is -1.28. The number of alkyl halides is 3. The van der Waals surface area contributed by atoms with Crippen molar-refractivity contribution in [2.24, 2.45) is 0 Å². The largest absolute Gasteiger partial charge is 0.516 e. The van der Waals surface area contributed by atoms with E-state index in [1.165, 1.54) is 7.11 Å². The fraction of sp³-hybridized carbons (Fsp3) is 0.579. The first-order valence-electron chi connectivity index (χ1n) is 8.75. The molecule has 0 aliphatic carbocycles. The number of carbonyl (C=O) groups excluding carboxylic acids is 2. The number of halogens is 3. The average Bonchev–Trinajstić information content (AvgIpc) is 2.50. The van der Waals surface area contributed by atoms with Crippen molar-refractivity contribution in [3.63, 3.8) is 0 Å². The normalized spacial score (nSPS) is 12.7. The molecule has 0 saturated carbocycles. The van der Waals surface area contributed by atoms with Gasteiger partial charge in [0.1, 0.15) is 17.1 Å². The Morgan fingerprint density at radius 2 is 1.54 bits per heavy atom. The Balaban J connectivity index is 3.54. The van der Waals surface area contributed by atoms with Gasteiger partial charge >= 0.3 is 12.1 Å². The smallest absolute Gasteiger partial charge is 0.455 e. The van der Waals surface area contributed by atoms with E-state index in [1.54, 1.807) is 13.8 Å². The summed E-state index contributed by atoms with van der Waals surface area (Å²) in [4.78, 5) is 24.6. The molecule has 0 radical (unpaired) electrons. The minimum Gasteiger partial charge on any atom is -0.516 e. The lowest BCUT2D eigenvalue weighted by Gasteiger charge is -2.35. The van der Waals surface area contributed by atoms with E-state index < -0.39 is 37.9 Å². The molecule has 0 aliphatic rings. The molecule has 0 aromatic heterocycles. The molecule has 0 saturated heterocycles. The first-order chi connectivity index (χ1) is 12.5. The Morgan fingerprint density at radius 3 is 1.93 bits per heavy atom. The summed E-state index contributed by atoms with van der Waals surface area (Å²) in [5, 5.41) is -0.304. The highest BCUT2D eigenvalue weighted by molar-refractivity contribution is 6.75. The quantitative estimate of drug-likeness (QED) is 0.456. The fourth-order valence-corrected chi connectivity index (χ4v) is 2.89. The molecule has 28 heavy (non-hydrogen) atoms. The van der Waals surface area contributed by atoms with Crippen LogP contribution in [0.2, 0.25) is 18.1 Å². The Labute approximate surface area is 164 Å². The lowest BCUT2D eigenvalue weighted by molar-refractivity contribution is -0.0887. The SMILES string of the molecule is COc1cc(OC(C)C)c(C(=O)C(F)(F)F)cc1C(=O)O[Si](C)(C)C(C)(C)C. The molecule has 0 unspecified atom stereocenters. The van der Waals surface area contributed by atoms with E-state index in [-0.39, 0.29) is 22.1 Å². The highest BCUT2D eigenvalue weighted by Crippen LogP contribution is 2.39. The number of benzene rings is 1. The molecule has 0 aliphatic heterocycles. The predicted molar refractivity (Wildman–Crippen MR) is 102 cm³/mol. The Kier molecular flexibility index (Phi) is 6.98. The number of methoxy groups -OCH3 is 1. The zero-order valence-electron chi connectivity index (χ0n) is 17.4. The summed E-state index contributed by atoms with van der Waals surface area (Å²) in [6.07, 6.45) is -5.61. The van der Waals surface area contributed by atoms with Crippen LogP contribution in [0, 0.1) is 0 Å². The van der Waals surface area contributed by atoms with Gasteiger partial charge in [-0.2, -0.15) is 13.2 Å². The molecule has 0 spiro atoms. The molecule has 0 heterocycles. The molecule has 1 aromatic carbocycles. The van der Waals surface area contributed by atoms with E-state index in [1.807, 2.05) is 33.9 Å². The van der Waals surface area contributed by atoms with E-state index in [0.29, 0.717) is 0 Å². The molecule has 158 valence electrons. The van der Waals surface area contributed by atoms with Crippen molar-refractivity contribution in [3.05, 3.63) is 23.3 Å². The third-order valence-electron chi connectivity index (χ3n) is 4.54. The monoisotopic (exact) mass is 420 g/mol. The van der Waals surface area contributed by atoms with Gasteiger partial charge in [-0.3, -0.25) is 4.79 Å². The van der Waals surface area contributed by atoms with Gasteiger partial charge in [-0.15, -0.1) is 0 Å². The van der Waals surface area contributed by atoms with Gasteiger partial charge in [0.25, 0.3) is 14.1 Å². The Morgan fingerprint density at radius 1 is 1.00 bits per heavy atom. The van der Waals surface area contributed by atoms with Gasteiger partial charge in [0.2, 0.25) is 0 Å². The fourth-order valence-electron chi connectivity index (χ4n) is 2.01. The zero-order chi connectivity index (χ0) is 22.1. The Hall–Kier alpha value is -2.03. The number of Topliss-reactive ketones (excluding diaryl/α,β-unsaturated/α-hetero) is 1. The maximum absolute atomic E-state index is 13.0. The topological polar surface area (TPSA) is 61.8 Å². The van der Waals surface area contributed by atoms with Gasteiger partial charge in [-0.1, -0.05) is 20.8 Å². The van der Waals surface area contributed by atoms with Crippen molar-refractivity contribution < 1.29 is 36.7 Å². The van der Waals surface area contributed by atoms with Gasteiger partial charge in [-0.05, 0) is 38.0 Å². The van der Waals surface area contributed by atoms with Gasteiger partial charge in [-0.25, -0.2) is 4.79 Å². The number of carbonyl (C=O) groups is 2.